The fraction of sp³-hybridized carbons (Fsp3) is 0.588. The molecular formula is C17H25NO3. The summed E-state index contributed by atoms with van der Waals surface area (Å²) in [5.41, 5.74) is 1.36. The molecule has 1 aromatic rings. The third-order valence-electron chi connectivity index (χ3n) is 3.90. The normalized spacial score (nSPS) is 19.0. The van der Waals surface area contributed by atoms with Gasteiger partial charge in [0.1, 0.15) is 0 Å². The summed E-state index contributed by atoms with van der Waals surface area (Å²) in [5, 5.41) is 8.63. The molecule has 1 atom stereocenters. The topological polar surface area (TPSA) is 49.8 Å². The van der Waals surface area contributed by atoms with Crippen LogP contribution < -0.4 is 0 Å². The highest BCUT2D eigenvalue weighted by molar-refractivity contribution is 5.66. The second-order valence-corrected chi connectivity index (χ2v) is 5.67. The molecule has 0 radical (unpaired) electrons. The maximum atomic E-state index is 10.5. The lowest BCUT2D eigenvalue weighted by Crippen LogP contribution is -2.25. The van der Waals surface area contributed by atoms with Crippen LogP contribution in [0.4, 0.5) is 0 Å². The van der Waals surface area contributed by atoms with Crippen molar-refractivity contribution in [3.63, 3.8) is 0 Å². The number of carbonyl (C=O) groups is 1. The molecule has 21 heavy (non-hydrogen) atoms. The molecule has 1 aliphatic heterocycles. The summed E-state index contributed by atoms with van der Waals surface area (Å²) in [4.78, 5) is 12.8. The van der Waals surface area contributed by atoms with Gasteiger partial charge in [-0.05, 0) is 37.8 Å². The molecule has 4 heteroatoms. The van der Waals surface area contributed by atoms with Crippen LogP contribution in [0.5, 0.6) is 0 Å². The second-order valence-electron chi connectivity index (χ2n) is 5.67. The predicted molar refractivity (Wildman–Crippen MR) is 82.4 cm³/mol. The van der Waals surface area contributed by atoms with Gasteiger partial charge in [-0.15, -0.1) is 0 Å². The SMILES string of the molecule is O=C(O)CCCN1CC[C@H](OCCCc2ccccc2)C1. The Labute approximate surface area is 126 Å². The number of likely N-dealkylation sites (tertiary alicyclic amines) is 1. The quantitative estimate of drug-likeness (QED) is 0.710. The zero-order valence-electron chi connectivity index (χ0n) is 12.5. The maximum Gasteiger partial charge on any atom is 0.303 e. The number of nitrogens with zero attached hydrogens (tertiary/aromatic N) is 1. The van der Waals surface area contributed by atoms with Crippen LogP contribution in [0, 0.1) is 0 Å². The van der Waals surface area contributed by atoms with Gasteiger partial charge in [0, 0.05) is 26.1 Å². The Bertz CT molecular complexity index is 421. The number of aryl methyl sites for hydroxylation is 1. The number of carboxylic acid groups (broad SMARTS) is 1. The number of hydrogen-bond donors (Lipinski definition) is 1. The number of ether oxygens (including phenoxy) is 1. The van der Waals surface area contributed by atoms with Crippen molar-refractivity contribution in [2.45, 2.75) is 38.2 Å². The molecule has 4 nitrogen and oxygen atoms in total. The zero-order valence-corrected chi connectivity index (χ0v) is 12.5. The Morgan fingerprint density at radius 3 is 2.86 bits per heavy atom. The standard InChI is InChI=1S/C17H25NO3/c19-17(20)9-4-11-18-12-10-16(14-18)21-13-5-8-15-6-2-1-3-7-15/h1-3,6-7,16H,4-5,8-14H2,(H,19,20)/t16-/m0/s1. The molecule has 0 aromatic heterocycles. The first-order valence-corrected chi connectivity index (χ1v) is 7.84. The molecule has 116 valence electrons. The molecule has 0 saturated carbocycles. The molecule has 0 unspecified atom stereocenters. The summed E-state index contributed by atoms with van der Waals surface area (Å²) in [7, 11) is 0. The number of benzene rings is 1. The van der Waals surface area contributed by atoms with Crippen molar-refractivity contribution in [1.82, 2.24) is 4.90 Å². The minimum Gasteiger partial charge on any atom is -0.481 e. The van der Waals surface area contributed by atoms with Gasteiger partial charge in [-0.25, -0.2) is 0 Å². The molecule has 0 spiro atoms. The van der Waals surface area contributed by atoms with Gasteiger partial charge in [-0.1, -0.05) is 30.3 Å². The van der Waals surface area contributed by atoms with E-state index in [2.05, 4.69) is 29.2 Å². The minimum atomic E-state index is -0.706. The molecular weight excluding hydrogens is 266 g/mol. The van der Waals surface area contributed by atoms with Crippen LogP contribution in [0.1, 0.15) is 31.2 Å². The van der Waals surface area contributed by atoms with E-state index in [4.69, 9.17) is 9.84 Å². The lowest BCUT2D eigenvalue weighted by molar-refractivity contribution is -0.137. The highest BCUT2D eigenvalue weighted by Gasteiger charge is 2.22. The van der Waals surface area contributed by atoms with Gasteiger partial charge < -0.3 is 14.7 Å². The third kappa shape index (κ3) is 6.27. The van der Waals surface area contributed by atoms with Crippen LogP contribution in [-0.2, 0) is 16.0 Å². The number of aliphatic carboxylic acids is 1. The van der Waals surface area contributed by atoms with Gasteiger partial charge >= 0.3 is 5.97 Å². The summed E-state index contributed by atoms with van der Waals surface area (Å²) in [6.07, 6.45) is 4.51. The monoisotopic (exact) mass is 291 g/mol. The lowest BCUT2D eigenvalue weighted by atomic mass is 10.1. The highest BCUT2D eigenvalue weighted by atomic mass is 16.5. The van der Waals surface area contributed by atoms with E-state index in [0.29, 0.717) is 6.10 Å². The van der Waals surface area contributed by atoms with Crippen molar-refractivity contribution in [2.75, 3.05) is 26.2 Å². The lowest BCUT2D eigenvalue weighted by Gasteiger charge is -2.15. The largest absolute Gasteiger partial charge is 0.481 e. The van der Waals surface area contributed by atoms with Gasteiger partial charge in [0.05, 0.1) is 6.10 Å². The van der Waals surface area contributed by atoms with Crippen molar-refractivity contribution in [3.8, 4) is 0 Å². The van der Waals surface area contributed by atoms with Crippen LogP contribution in [0.3, 0.4) is 0 Å². The molecule has 0 amide bonds. The highest BCUT2D eigenvalue weighted by Crippen LogP contribution is 2.14. The van der Waals surface area contributed by atoms with E-state index in [1.807, 2.05) is 6.07 Å². The smallest absolute Gasteiger partial charge is 0.303 e. The molecule has 1 saturated heterocycles. The Morgan fingerprint density at radius 2 is 2.10 bits per heavy atom. The Morgan fingerprint density at radius 1 is 1.29 bits per heavy atom. The Balaban J connectivity index is 1.53. The van der Waals surface area contributed by atoms with E-state index in [0.717, 1.165) is 51.9 Å². The summed E-state index contributed by atoms with van der Waals surface area (Å²) >= 11 is 0. The molecule has 0 bridgehead atoms. The van der Waals surface area contributed by atoms with Crippen molar-refractivity contribution in [3.05, 3.63) is 35.9 Å². The van der Waals surface area contributed by atoms with E-state index in [9.17, 15) is 4.79 Å². The Kier molecular flexibility index (Phi) is 6.70. The molecule has 1 aliphatic rings. The average molecular weight is 291 g/mol. The van der Waals surface area contributed by atoms with Crippen molar-refractivity contribution in [1.29, 1.82) is 0 Å². The first kappa shape index (κ1) is 16.0. The zero-order chi connectivity index (χ0) is 14.9. The molecule has 2 rings (SSSR count). The number of rotatable bonds is 9. The van der Waals surface area contributed by atoms with Crippen molar-refractivity contribution >= 4 is 5.97 Å². The molecule has 1 N–H and O–H groups in total. The van der Waals surface area contributed by atoms with Crippen LogP contribution >= 0.6 is 0 Å². The summed E-state index contributed by atoms with van der Waals surface area (Å²) < 4.78 is 5.92. The van der Waals surface area contributed by atoms with Crippen LogP contribution in [0.2, 0.25) is 0 Å². The van der Waals surface area contributed by atoms with Crippen LogP contribution in [0.15, 0.2) is 30.3 Å². The van der Waals surface area contributed by atoms with Gasteiger partial charge in [0.25, 0.3) is 0 Å². The van der Waals surface area contributed by atoms with E-state index in [1.54, 1.807) is 0 Å². The van der Waals surface area contributed by atoms with Gasteiger partial charge in [0.15, 0.2) is 0 Å². The van der Waals surface area contributed by atoms with E-state index in [1.165, 1.54) is 5.56 Å². The van der Waals surface area contributed by atoms with E-state index in [-0.39, 0.29) is 6.42 Å². The van der Waals surface area contributed by atoms with Crippen molar-refractivity contribution in [2.24, 2.45) is 0 Å². The van der Waals surface area contributed by atoms with Crippen LogP contribution in [0.25, 0.3) is 0 Å². The average Bonchev–Trinajstić information content (AvgIpc) is 2.92. The summed E-state index contributed by atoms with van der Waals surface area (Å²) in [6.45, 7) is 3.66. The first-order valence-electron chi connectivity index (χ1n) is 7.84. The van der Waals surface area contributed by atoms with Gasteiger partial charge in [0.2, 0.25) is 0 Å². The molecule has 1 aromatic carbocycles. The molecule has 1 heterocycles. The first-order chi connectivity index (χ1) is 10.2. The molecule has 0 aliphatic carbocycles. The van der Waals surface area contributed by atoms with Gasteiger partial charge in [-0.2, -0.15) is 0 Å². The number of carboxylic acids is 1. The Hall–Kier alpha value is -1.39. The number of hydrogen-bond acceptors (Lipinski definition) is 3. The summed E-state index contributed by atoms with van der Waals surface area (Å²) in [6, 6.07) is 10.5. The summed E-state index contributed by atoms with van der Waals surface area (Å²) in [5.74, 6) is -0.706. The fourth-order valence-corrected chi connectivity index (χ4v) is 2.76. The van der Waals surface area contributed by atoms with Crippen LogP contribution in [-0.4, -0.2) is 48.3 Å². The molecule has 1 fully saturated rings. The van der Waals surface area contributed by atoms with E-state index >= 15 is 0 Å². The maximum absolute atomic E-state index is 10.5. The predicted octanol–water partition coefficient (Wildman–Crippen LogP) is 2.57. The second kappa shape index (κ2) is 8.80. The third-order valence-corrected chi connectivity index (χ3v) is 3.90. The van der Waals surface area contributed by atoms with E-state index < -0.39 is 5.97 Å². The fourth-order valence-electron chi connectivity index (χ4n) is 2.76. The van der Waals surface area contributed by atoms with Gasteiger partial charge in [-0.3, -0.25) is 4.79 Å². The van der Waals surface area contributed by atoms with Crippen molar-refractivity contribution < 1.29 is 14.6 Å². The minimum absolute atomic E-state index is 0.263.